The Balaban J connectivity index is 1.44. The van der Waals surface area contributed by atoms with Crippen molar-refractivity contribution in [2.45, 2.75) is 43.9 Å². The molecule has 7 heteroatoms. The van der Waals surface area contributed by atoms with E-state index in [0.29, 0.717) is 16.9 Å². The summed E-state index contributed by atoms with van der Waals surface area (Å²) in [7, 11) is 1.73. The second kappa shape index (κ2) is 7.06. The van der Waals surface area contributed by atoms with E-state index in [1.807, 2.05) is 41.2 Å². The van der Waals surface area contributed by atoms with Crippen LogP contribution in [0.3, 0.4) is 0 Å². The molecule has 7 rings (SSSR count). The number of anilines is 1. The highest BCUT2D eigenvalue weighted by atomic mass is 16.1. The van der Waals surface area contributed by atoms with Crippen LogP contribution in [-0.4, -0.2) is 25.5 Å². The summed E-state index contributed by atoms with van der Waals surface area (Å²) < 4.78 is 3.37. The monoisotopic (exact) mass is 426 g/mol. The molecule has 2 heterocycles. The van der Waals surface area contributed by atoms with Crippen LogP contribution >= 0.6 is 0 Å². The highest BCUT2D eigenvalue weighted by Crippen LogP contribution is 2.60. The molecule has 4 aliphatic rings. The molecule has 1 aromatic carbocycles. The predicted molar refractivity (Wildman–Crippen MR) is 119 cm³/mol. The zero-order valence-corrected chi connectivity index (χ0v) is 18.2. The van der Waals surface area contributed by atoms with Crippen LogP contribution in [0.25, 0.3) is 5.69 Å². The topological polar surface area (TPSA) is 88.5 Å². The number of para-hydroxylation sites is 1. The molecule has 3 aromatic rings. The molecule has 0 atom stereocenters. The fourth-order valence-corrected chi connectivity index (χ4v) is 6.89. The van der Waals surface area contributed by atoms with E-state index in [1.54, 1.807) is 7.05 Å². The SMILES string of the molecule is Cn1ncc(C#N)c1NC(=O)c1cn(-c2ccccc2)nc1C12CC3CC(CC(C3)C1)C2. The molecule has 0 radical (unpaired) electrons. The highest BCUT2D eigenvalue weighted by Gasteiger charge is 2.54. The second-order valence-electron chi connectivity index (χ2n) is 9.97. The van der Waals surface area contributed by atoms with E-state index in [2.05, 4.69) is 16.5 Å². The van der Waals surface area contributed by atoms with Crippen molar-refractivity contribution in [1.29, 1.82) is 5.26 Å². The average Bonchev–Trinajstić information content (AvgIpc) is 3.38. The first kappa shape index (κ1) is 19.3. The van der Waals surface area contributed by atoms with Crippen molar-refractivity contribution >= 4 is 11.7 Å². The molecule has 162 valence electrons. The summed E-state index contributed by atoms with van der Waals surface area (Å²) in [5.74, 6) is 2.45. The van der Waals surface area contributed by atoms with Crippen molar-refractivity contribution in [3.05, 3.63) is 59.5 Å². The smallest absolute Gasteiger partial charge is 0.260 e. The minimum atomic E-state index is -0.224. The summed E-state index contributed by atoms with van der Waals surface area (Å²) in [6, 6.07) is 12.1. The van der Waals surface area contributed by atoms with Gasteiger partial charge >= 0.3 is 0 Å². The van der Waals surface area contributed by atoms with Crippen LogP contribution in [0.15, 0.2) is 42.7 Å². The number of nitrogens with one attached hydrogen (secondary N) is 1. The van der Waals surface area contributed by atoms with E-state index in [1.165, 1.54) is 30.1 Å². The summed E-state index contributed by atoms with van der Waals surface area (Å²) in [5, 5.41) is 21.5. The van der Waals surface area contributed by atoms with Crippen LogP contribution in [-0.2, 0) is 12.5 Å². The Labute approximate surface area is 187 Å². The van der Waals surface area contributed by atoms with Crippen molar-refractivity contribution in [3.63, 3.8) is 0 Å². The molecule has 2 aromatic heterocycles. The lowest BCUT2D eigenvalue weighted by atomic mass is 9.48. The first-order chi connectivity index (χ1) is 15.5. The van der Waals surface area contributed by atoms with Crippen LogP contribution in [0.4, 0.5) is 5.82 Å². The zero-order valence-electron chi connectivity index (χ0n) is 18.2. The van der Waals surface area contributed by atoms with Gasteiger partial charge in [-0.25, -0.2) is 4.68 Å². The maximum atomic E-state index is 13.6. The number of aryl methyl sites for hydroxylation is 1. The van der Waals surface area contributed by atoms with Gasteiger partial charge in [0.2, 0.25) is 0 Å². The van der Waals surface area contributed by atoms with E-state index >= 15 is 0 Å². The molecule has 0 spiro atoms. The lowest BCUT2D eigenvalue weighted by Crippen LogP contribution is -2.49. The van der Waals surface area contributed by atoms with E-state index < -0.39 is 0 Å². The first-order valence-electron chi connectivity index (χ1n) is 11.4. The molecule has 4 fully saturated rings. The third-order valence-corrected chi connectivity index (χ3v) is 7.81. The van der Waals surface area contributed by atoms with Gasteiger partial charge in [0.15, 0.2) is 0 Å². The molecule has 0 aliphatic heterocycles. The minimum absolute atomic E-state index is 0.0219. The number of carbonyl (C=O) groups is 1. The summed E-state index contributed by atoms with van der Waals surface area (Å²) in [6.07, 6.45) is 10.7. The Kier molecular flexibility index (Phi) is 4.26. The normalized spacial score (nSPS) is 27.9. The zero-order chi connectivity index (χ0) is 21.9. The van der Waals surface area contributed by atoms with E-state index in [-0.39, 0.29) is 11.3 Å². The van der Waals surface area contributed by atoms with E-state index in [4.69, 9.17) is 5.10 Å². The Bertz CT molecular complexity index is 1200. The molecule has 1 amide bonds. The van der Waals surface area contributed by atoms with Crippen LogP contribution < -0.4 is 5.32 Å². The number of rotatable bonds is 4. The molecule has 0 saturated heterocycles. The molecular formula is C25H26N6O. The summed E-state index contributed by atoms with van der Waals surface area (Å²) >= 11 is 0. The fourth-order valence-electron chi connectivity index (χ4n) is 6.89. The predicted octanol–water partition coefficient (Wildman–Crippen LogP) is 4.20. The number of amides is 1. The van der Waals surface area contributed by atoms with Gasteiger partial charge in [0.1, 0.15) is 17.5 Å². The highest BCUT2D eigenvalue weighted by molar-refractivity contribution is 6.05. The molecule has 4 aliphatic carbocycles. The summed E-state index contributed by atoms with van der Waals surface area (Å²) in [5.41, 5.74) is 2.81. The van der Waals surface area contributed by atoms with Crippen LogP contribution in [0, 0.1) is 29.1 Å². The third-order valence-electron chi connectivity index (χ3n) is 7.81. The molecule has 32 heavy (non-hydrogen) atoms. The second-order valence-corrected chi connectivity index (χ2v) is 9.97. The van der Waals surface area contributed by atoms with Crippen molar-refractivity contribution < 1.29 is 4.79 Å². The molecule has 1 N–H and O–H groups in total. The van der Waals surface area contributed by atoms with Gasteiger partial charge in [-0.15, -0.1) is 0 Å². The molecule has 4 saturated carbocycles. The molecular weight excluding hydrogens is 400 g/mol. The summed E-state index contributed by atoms with van der Waals surface area (Å²) in [4.78, 5) is 13.6. The number of hydrogen-bond donors (Lipinski definition) is 1. The standard InChI is InChI=1S/C25H26N6O/c1-30-23(19(13-26)14-27-30)28-24(32)21-15-31(20-5-3-2-4-6-20)29-22(21)25-10-16-7-17(11-25)9-18(8-16)12-25/h2-6,14-18H,7-12H2,1H3,(H,28,32). The lowest BCUT2D eigenvalue weighted by Gasteiger charge is -2.56. The van der Waals surface area contributed by atoms with E-state index in [0.717, 1.165) is 48.4 Å². The van der Waals surface area contributed by atoms with E-state index in [9.17, 15) is 10.1 Å². The number of nitrogens with zero attached hydrogens (tertiary/aromatic N) is 5. The maximum Gasteiger partial charge on any atom is 0.260 e. The van der Waals surface area contributed by atoms with Gasteiger partial charge in [0.05, 0.1) is 23.1 Å². The van der Waals surface area contributed by atoms with Gasteiger partial charge in [0, 0.05) is 18.7 Å². The van der Waals surface area contributed by atoms with Crippen molar-refractivity contribution in [3.8, 4) is 11.8 Å². The van der Waals surface area contributed by atoms with Crippen molar-refractivity contribution in [2.75, 3.05) is 5.32 Å². The largest absolute Gasteiger partial charge is 0.306 e. The van der Waals surface area contributed by atoms with Gasteiger partial charge < -0.3 is 5.32 Å². The summed E-state index contributed by atoms with van der Waals surface area (Å²) in [6.45, 7) is 0. The maximum absolute atomic E-state index is 13.6. The Hall–Kier alpha value is -3.40. The molecule has 7 nitrogen and oxygen atoms in total. The van der Waals surface area contributed by atoms with Crippen LogP contribution in [0.1, 0.15) is 60.1 Å². The number of aromatic nitrogens is 4. The Morgan fingerprint density at radius 3 is 2.41 bits per heavy atom. The quantitative estimate of drug-likeness (QED) is 0.677. The Morgan fingerprint density at radius 1 is 1.12 bits per heavy atom. The number of benzene rings is 1. The Morgan fingerprint density at radius 2 is 1.78 bits per heavy atom. The molecule has 0 unspecified atom stereocenters. The minimum Gasteiger partial charge on any atom is -0.306 e. The van der Waals surface area contributed by atoms with Crippen molar-refractivity contribution in [1.82, 2.24) is 19.6 Å². The number of hydrogen-bond acceptors (Lipinski definition) is 4. The van der Waals surface area contributed by atoms with Gasteiger partial charge in [0.25, 0.3) is 5.91 Å². The van der Waals surface area contributed by atoms with Gasteiger partial charge in [-0.3, -0.25) is 9.48 Å². The van der Waals surface area contributed by atoms with Gasteiger partial charge in [-0.05, 0) is 68.4 Å². The lowest BCUT2D eigenvalue weighted by molar-refractivity contribution is -0.00765. The molecule has 4 bridgehead atoms. The van der Waals surface area contributed by atoms with Gasteiger partial charge in [-0.2, -0.15) is 15.5 Å². The number of nitriles is 1. The van der Waals surface area contributed by atoms with Crippen LogP contribution in [0.2, 0.25) is 0 Å². The van der Waals surface area contributed by atoms with Crippen LogP contribution in [0.5, 0.6) is 0 Å². The first-order valence-corrected chi connectivity index (χ1v) is 11.4. The number of carbonyl (C=O) groups excluding carboxylic acids is 1. The third kappa shape index (κ3) is 2.97. The van der Waals surface area contributed by atoms with Gasteiger partial charge in [-0.1, -0.05) is 18.2 Å². The van der Waals surface area contributed by atoms with Crippen molar-refractivity contribution in [2.24, 2.45) is 24.8 Å². The average molecular weight is 427 g/mol. The fraction of sp³-hybridized carbons (Fsp3) is 0.440.